The minimum absolute atomic E-state index is 0.148. The molecule has 0 fully saturated rings. The van der Waals surface area contributed by atoms with Crippen LogP contribution in [0.2, 0.25) is 0 Å². The Morgan fingerprint density at radius 3 is 2.77 bits per heavy atom. The fourth-order valence-electron chi connectivity index (χ4n) is 2.91. The van der Waals surface area contributed by atoms with Gasteiger partial charge in [0.1, 0.15) is 11.6 Å². The van der Waals surface area contributed by atoms with E-state index in [9.17, 15) is 9.18 Å². The molecule has 0 spiro atoms. The number of imidazole rings is 1. The number of carbonyl (C=O) groups excluding carboxylic acids is 1. The largest absolute Gasteiger partial charge is 0.490 e. The molecule has 0 saturated carbocycles. The van der Waals surface area contributed by atoms with Crippen molar-refractivity contribution in [1.29, 1.82) is 5.26 Å². The van der Waals surface area contributed by atoms with Crippen molar-refractivity contribution in [3.05, 3.63) is 70.0 Å². The molecule has 0 aliphatic rings. The van der Waals surface area contributed by atoms with Crippen molar-refractivity contribution in [3.8, 4) is 23.3 Å². The van der Waals surface area contributed by atoms with Crippen LogP contribution in [0.15, 0.2) is 47.2 Å². The van der Waals surface area contributed by atoms with Crippen molar-refractivity contribution >= 4 is 21.8 Å². The molecule has 2 aromatic carbocycles. The minimum Gasteiger partial charge on any atom is -0.490 e. The summed E-state index contributed by atoms with van der Waals surface area (Å²) in [5.74, 6) is 0.592. The molecule has 9 heteroatoms. The summed E-state index contributed by atoms with van der Waals surface area (Å²) < 4.78 is 27.7. The standard InChI is InChI=1S/C22H20BrFN4O3/c1-3-30-20-10-16(11-25)8-17(23)22(20)31-13-21(29)27-12-15-4-5-19(18(24)9-15)28-7-6-26-14(28)2/h4-10H,3,12-13H2,1-2H3,(H,27,29). The summed E-state index contributed by atoms with van der Waals surface area (Å²) in [5, 5.41) is 11.8. The van der Waals surface area contributed by atoms with Crippen LogP contribution in [0, 0.1) is 24.1 Å². The highest BCUT2D eigenvalue weighted by atomic mass is 79.9. The second kappa shape index (κ2) is 10.1. The van der Waals surface area contributed by atoms with Crippen molar-refractivity contribution in [3.63, 3.8) is 0 Å². The molecule has 1 aromatic heterocycles. The predicted octanol–water partition coefficient (Wildman–Crippen LogP) is 4.05. The zero-order chi connectivity index (χ0) is 22.4. The van der Waals surface area contributed by atoms with Crippen LogP contribution in [0.3, 0.4) is 0 Å². The van der Waals surface area contributed by atoms with E-state index in [-0.39, 0.29) is 19.1 Å². The molecule has 0 bridgehead atoms. The number of amides is 1. The maximum atomic E-state index is 14.5. The molecule has 0 aliphatic carbocycles. The summed E-state index contributed by atoms with van der Waals surface area (Å²) in [6, 6.07) is 9.93. The second-order valence-corrected chi connectivity index (χ2v) is 7.38. The highest BCUT2D eigenvalue weighted by molar-refractivity contribution is 9.10. The normalized spacial score (nSPS) is 10.4. The minimum atomic E-state index is -0.410. The van der Waals surface area contributed by atoms with Crippen LogP contribution in [0.4, 0.5) is 4.39 Å². The SMILES string of the molecule is CCOc1cc(C#N)cc(Br)c1OCC(=O)NCc1ccc(-n2ccnc2C)c(F)c1. The smallest absolute Gasteiger partial charge is 0.258 e. The Kier molecular flexibility index (Phi) is 7.26. The van der Waals surface area contributed by atoms with Crippen molar-refractivity contribution in [2.75, 3.05) is 13.2 Å². The van der Waals surface area contributed by atoms with Gasteiger partial charge in [0.25, 0.3) is 5.91 Å². The van der Waals surface area contributed by atoms with Crippen LogP contribution in [0.5, 0.6) is 11.5 Å². The van der Waals surface area contributed by atoms with E-state index in [4.69, 9.17) is 14.7 Å². The number of ether oxygens (including phenoxy) is 2. The number of nitrogens with one attached hydrogen (secondary N) is 1. The zero-order valence-corrected chi connectivity index (χ0v) is 18.6. The van der Waals surface area contributed by atoms with Gasteiger partial charge in [0, 0.05) is 25.0 Å². The van der Waals surface area contributed by atoms with E-state index < -0.39 is 5.82 Å². The molecule has 1 amide bonds. The number of nitrogens with zero attached hydrogens (tertiary/aromatic N) is 3. The Labute approximate surface area is 187 Å². The van der Waals surface area contributed by atoms with E-state index in [1.165, 1.54) is 6.07 Å². The van der Waals surface area contributed by atoms with Crippen LogP contribution in [0.25, 0.3) is 5.69 Å². The van der Waals surface area contributed by atoms with Gasteiger partial charge < -0.3 is 19.4 Å². The maximum absolute atomic E-state index is 14.5. The highest BCUT2D eigenvalue weighted by Gasteiger charge is 2.14. The Morgan fingerprint density at radius 1 is 1.32 bits per heavy atom. The highest BCUT2D eigenvalue weighted by Crippen LogP contribution is 2.36. The Balaban J connectivity index is 1.61. The first-order valence-electron chi connectivity index (χ1n) is 9.47. The van der Waals surface area contributed by atoms with E-state index in [0.29, 0.717) is 45.2 Å². The zero-order valence-electron chi connectivity index (χ0n) is 17.0. The molecule has 0 aliphatic heterocycles. The lowest BCUT2D eigenvalue weighted by Gasteiger charge is -2.14. The number of hydrogen-bond donors (Lipinski definition) is 1. The summed E-state index contributed by atoms with van der Waals surface area (Å²) >= 11 is 3.33. The Bertz CT molecular complexity index is 1140. The van der Waals surface area contributed by atoms with Crippen LogP contribution in [-0.4, -0.2) is 28.7 Å². The quantitative estimate of drug-likeness (QED) is 0.518. The van der Waals surface area contributed by atoms with E-state index in [1.807, 2.05) is 13.0 Å². The van der Waals surface area contributed by atoms with Crippen LogP contribution >= 0.6 is 15.9 Å². The predicted molar refractivity (Wildman–Crippen MR) is 116 cm³/mol. The molecular weight excluding hydrogens is 467 g/mol. The third-order valence-corrected chi connectivity index (χ3v) is 4.96. The molecular formula is C22H20BrFN4O3. The van der Waals surface area contributed by atoms with Crippen molar-refractivity contribution < 1.29 is 18.7 Å². The topological polar surface area (TPSA) is 89.2 Å². The molecule has 3 rings (SSSR count). The number of halogens is 2. The number of carbonyl (C=O) groups is 1. The summed E-state index contributed by atoms with van der Waals surface area (Å²) in [6.45, 7) is 3.86. The maximum Gasteiger partial charge on any atom is 0.258 e. The first-order valence-corrected chi connectivity index (χ1v) is 10.3. The number of hydrogen-bond acceptors (Lipinski definition) is 5. The first kappa shape index (κ1) is 22.3. The van der Waals surface area contributed by atoms with E-state index in [0.717, 1.165) is 0 Å². The lowest BCUT2D eigenvalue weighted by Crippen LogP contribution is -2.28. The lowest BCUT2D eigenvalue weighted by molar-refractivity contribution is -0.123. The van der Waals surface area contributed by atoms with E-state index in [2.05, 4.69) is 26.2 Å². The number of benzene rings is 2. The first-order chi connectivity index (χ1) is 14.9. The van der Waals surface area contributed by atoms with Gasteiger partial charge in [0.15, 0.2) is 18.1 Å². The van der Waals surface area contributed by atoms with Crippen LogP contribution in [-0.2, 0) is 11.3 Å². The average Bonchev–Trinajstić information content (AvgIpc) is 3.17. The number of rotatable bonds is 8. The van der Waals surface area contributed by atoms with Gasteiger partial charge in [0.05, 0.1) is 28.4 Å². The van der Waals surface area contributed by atoms with Crippen LogP contribution in [0.1, 0.15) is 23.9 Å². The van der Waals surface area contributed by atoms with Crippen molar-refractivity contribution in [2.24, 2.45) is 0 Å². The number of aryl methyl sites for hydroxylation is 1. The monoisotopic (exact) mass is 486 g/mol. The number of nitriles is 1. The van der Waals surface area contributed by atoms with Crippen molar-refractivity contribution in [2.45, 2.75) is 20.4 Å². The molecule has 160 valence electrons. The second-order valence-electron chi connectivity index (χ2n) is 6.53. The molecule has 0 unspecified atom stereocenters. The van der Waals surface area contributed by atoms with Gasteiger partial charge in [-0.3, -0.25) is 4.79 Å². The van der Waals surface area contributed by atoms with Gasteiger partial charge in [-0.1, -0.05) is 6.07 Å². The molecule has 3 aromatic rings. The summed E-state index contributed by atoms with van der Waals surface area (Å²) in [4.78, 5) is 16.3. The fourth-order valence-corrected chi connectivity index (χ4v) is 3.47. The van der Waals surface area contributed by atoms with Gasteiger partial charge in [-0.15, -0.1) is 0 Å². The van der Waals surface area contributed by atoms with E-state index in [1.54, 1.807) is 48.1 Å². The molecule has 31 heavy (non-hydrogen) atoms. The third kappa shape index (κ3) is 5.41. The molecule has 1 heterocycles. The molecule has 1 N–H and O–H groups in total. The van der Waals surface area contributed by atoms with Crippen molar-refractivity contribution in [1.82, 2.24) is 14.9 Å². The Hall–Kier alpha value is -3.38. The van der Waals surface area contributed by atoms with Gasteiger partial charge >= 0.3 is 0 Å². The van der Waals surface area contributed by atoms with Gasteiger partial charge in [-0.05, 0) is 53.5 Å². The summed E-state index contributed by atoms with van der Waals surface area (Å²) in [6.07, 6.45) is 3.29. The molecule has 0 atom stereocenters. The number of aromatic nitrogens is 2. The molecule has 7 nitrogen and oxygen atoms in total. The van der Waals surface area contributed by atoms with Gasteiger partial charge in [0.2, 0.25) is 0 Å². The molecule has 0 saturated heterocycles. The van der Waals surface area contributed by atoms with Crippen LogP contribution < -0.4 is 14.8 Å². The average molecular weight is 487 g/mol. The molecule has 0 radical (unpaired) electrons. The Morgan fingerprint density at radius 2 is 2.13 bits per heavy atom. The fraction of sp³-hybridized carbons (Fsp3) is 0.227. The van der Waals surface area contributed by atoms with Gasteiger partial charge in [-0.2, -0.15) is 5.26 Å². The van der Waals surface area contributed by atoms with Gasteiger partial charge in [-0.25, -0.2) is 9.37 Å². The summed E-state index contributed by atoms with van der Waals surface area (Å²) in [7, 11) is 0. The lowest BCUT2D eigenvalue weighted by atomic mass is 10.2. The summed E-state index contributed by atoms with van der Waals surface area (Å²) in [5.41, 5.74) is 1.41. The van der Waals surface area contributed by atoms with E-state index >= 15 is 0 Å². The third-order valence-electron chi connectivity index (χ3n) is 4.37.